The number of carbonyl (C=O) groups is 1. The second kappa shape index (κ2) is 6.76. The lowest BCUT2D eigenvalue weighted by atomic mass is 10.2. The average Bonchev–Trinajstić information content (AvgIpc) is 3.04. The van der Waals surface area contributed by atoms with Crippen molar-refractivity contribution in [2.45, 2.75) is 50.7 Å². The van der Waals surface area contributed by atoms with Crippen molar-refractivity contribution in [1.29, 1.82) is 0 Å². The van der Waals surface area contributed by atoms with Crippen LogP contribution in [0.15, 0.2) is 29.2 Å². The van der Waals surface area contributed by atoms with Crippen LogP contribution in [0.25, 0.3) is 0 Å². The molecule has 124 valence electrons. The highest BCUT2D eigenvalue weighted by atomic mass is 32.2. The van der Waals surface area contributed by atoms with Gasteiger partial charge in [-0.25, -0.2) is 0 Å². The highest BCUT2D eigenvalue weighted by molar-refractivity contribution is 7.85. The second-order valence-electron chi connectivity index (χ2n) is 6.33. The number of hydrogen-bond acceptors (Lipinski definition) is 5. The molecule has 1 aliphatic carbocycles. The van der Waals surface area contributed by atoms with Crippen LogP contribution in [0.1, 0.15) is 32.8 Å². The fourth-order valence-corrected chi connectivity index (χ4v) is 2.05. The van der Waals surface area contributed by atoms with E-state index in [1.54, 1.807) is 12.1 Å². The predicted molar refractivity (Wildman–Crippen MR) is 82.9 cm³/mol. The molecule has 0 saturated heterocycles. The lowest BCUT2D eigenvalue weighted by Gasteiger charge is -2.19. The Hall–Kier alpha value is -1.44. The van der Waals surface area contributed by atoms with E-state index in [1.807, 2.05) is 27.7 Å². The maximum absolute atomic E-state index is 11.1. The summed E-state index contributed by atoms with van der Waals surface area (Å²) in [5.74, 6) is -0.181. The molecule has 3 N–H and O–H groups in total. The summed E-state index contributed by atoms with van der Waals surface area (Å²) in [6.07, 6.45) is 0.787. The van der Waals surface area contributed by atoms with Gasteiger partial charge in [0.15, 0.2) is 0 Å². The molecule has 0 aromatic heterocycles. The number of nitrogens with two attached hydrogens (primary N) is 1. The van der Waals surface area contributed by atoms with E-state index in [9.17, 15) is 13.2 Å². The Morgan fingerprint density at radius 1 is 1.27 bits per heavy atom. The van der Waals surface area contributed by atoms with E-state index in [4.69, 9.17) is 15.0 Å². The Kier molecular flexibility index (Phi) is 5.72. The smallest absolute Gasteiger partial charge is 0.311 e. The first kappa shape index (κ1) is 18.6. The van der Waals surface area contributed by atoms with Crippen molar-refractivity contribution in [2.24, 2.45) is 11.7 Å². The van der Waals surface area contributed by atoms with Gasteiger partial charge in [0.05, 0.1) is 10.8 Å². The molecular weight excluding hydrogens is 306 g/mol. The summed E-state index contributed by atoms with van der Waals surface area (Å²) in [5, 5.41) is 0. The number of carbonyl (C=O) groups excluding carboxylic acids is 1. The van der Waals surface area contributed by atoms with Crippen molar-refractivity contribution in [1.82, 2.24) is 0 Å². The minimum absolute atomic E-state index is 0.0331. The maximum atomic E-state index is 11.1. The summed E-state index contributed by atoms with van der Waals surface area (Å²) in [7, 11) is -4.02. The number of benzene rings is 1. The van der Waals surface area contributed by atoms with Crippen molar-refractivity contribution in [3.8, 4) is 0 Å². The quantitative estimate of drug-likeness (QED) is 0.634. The second-order valence-corrected chi connectivity index (χ2v) is 7.75. The van der Waals surface area contributed by atoms with Crippen molar-refractivity contribution in [3.63, 3.8) is 0 Å². The molecule has 0 aliphatic heterocycles. The van der Waals surface area contributed by atoms with Crippen molar-refractivity contribution >= 4 is 16.1 Å². The van der Waals surface area contributed by atoms with Gasteiger partial charge in [-0.15, -0.1) is 0 Å². The van der Waals surface area contributed by atoms with Gasteiger partial charge in [-0.2, -0.15) is 8.42 Å². The van der Waals surface area contributed by atoms with Crippen molar-refractivity contribution in [2.75, 3.05) is 0 Å². The minimum atomic E-state index is -4.02. The summed E-state index contributed by atoms with van der Waals surface area (Å²) in [5.41, 5.74) is 6.07. The zero-order valence-electron chi connectivity index (χ0n) is 13.2. The van der Waals surface area contributed by atoms with Crippen LogP contribution in [0.4, 0.5) is 0 Å². The summed E-state index contributed by atoms with van der Waals surface area (Å²) in [6.45, 7) is 7.42. The molecule has 0 amide bonds. The summed E-state index contributed by atoms with van der Waals surface area (Å²) in [4.78, 5) is 11.1. The Balaban J connectivity index is 0.000000220. The monoisotopic (exact) mass is 329 g/mol. The standard InChI is InChI=1S/C8H15NO2.C7H8O3S/c1-8(2,3)11-7(10)5-4-6(5)9;1-6-2-4-7(5-3-6)11(8,9)10/h5-6H,4,9H2,1-3H3;2-5H,1H3,(H,8,9,10)/t5-,6+;/m1./s1. The third-order valence-electron chi connectivity index (χ3n) is 2.87. The first-order valence-electron chi connectivity index (χ1n) is 6.93. The summed E-state index contributed by atoms with van der Waals surface area (Å²) >= 11 is 0. The molecule has 0 bridgehead atoms. The first-order chi connectivity index (χ1) is 9.90. The maximum Gasteiger partial charge on any atom is 0.311 e. The van der Waals surface area contributed by atoms with E-state index >= 15 is 0 Å². The Bertz CT molecular complexity index is 616. The molecule has 0 unspecified atom stereocenters. The van der Waals surface area contributed by atoms with Gasteiger partial charge in [0.25, 0.3) is 10.1 Å². The van der Waals surface area contributed by atoms with Crippen LogP contribution in [0, 0.1) is 12.8 Å². The average molecular weight is 329 g/mol. The van der Waals surface area contributed by atoms with Gasteiger partial charge in [-0.05, 0) is 46.2 Å². The number of esters is 1. The first-order valence-corrected chi connectivity index (χ1v) is 8.37. The zero-order valence-corrected chi connectivity index (χ0v) is 14.1. The Morgan fingerprint density at radius 3 is 2.05 bits per heavy atom. The molecule has 22 heavy (non-hydrogen) atoms. The number of hydrogen-bond donors (Lipinski definition) is 2. The van der Waals surface area contributed by atoms with Crippen molar-refractivity contribution < 1.29 is 22.5 Å². The molecule has 1 saturated carbocycles. The fraction of sp³-hybridized carbons (Fsp3) is 0.533. The van der Waals surface area contributed by atoms with E-state index in [-0.39, 0.29) is 28.4 Å². The molecule has 1 fully saturated rings. The highest BCUT2D eigenvalue weighted by Crippen LogP contribution is 2.30. The predicted octanol–water partition coefficient (Wildman–Crippen LogP) is 1.92. The topological polar surface area (TPSA) is 107 Å². The third kappa shape index (κ3) is 6.55. The van der Waals surface area contributed by atoms with Crippen LogP contribution in [-0.2, 0) is 19.6 Å². The Morgan fingerprint density at radius 2 is 1.73 bits per heavy atom. The summed E-state index contributed by atoms with van der Waals surface area (Å²) in [6, 6.07) is 6.03. The number of aryl methyl sites for hydroxylation is 1. The number of ether oxygens (including phenoxy) is 1. The van der Waals surface area contributed by atoms with Gasteiger partial charge >= 0.3 is 5.97 Å². The molecule has 7 heteroatoms. The Labute approximate surface area is 131 Å². The van der Waals surface area contributed by atoms with E-state index < -0.39 is 10.1 Å². The van der Waals surface area contributed by atoms with Gasteiger partial charge in [0.2, 0.25) is 0 Å². The van der Waals surface area contributed by atoms with Gasteiger partial charge < -0.3 is 10.5 Å². The van der Waals surface area contributed by atoms with E-state index in [0.29, 0.717) is 0 Å². The van der Waals surface area contributed by atoms with E-state index in [0.717, 1.165) is 12.0 Å². The van der Waals surface area contributed by atoms with Gasteiger partial charge in [-0.1, -0.05) is 17.7 Å². The van der Waals surface area contributed by atoms with Crippen LogP contribution in [0.3, 0.4) is 0 Å². The van der Waals surface area contributed by atoms with Crippen LogP contribution in [0.2, 0.25) is 0 Å². The normalized spacial score (nSPS) is 20.6. The fourth-order valence-electron chi connectivity index (χ4n) is 1.57. The lowest BCUT2D eigenvalue weighted by Crippen LogP contribution is -2.26. The molecule has 2 atom stereocenters. The van der Waals surface area contributed by atoms with Gasteiger partial charge in [-0.3, -0.25) is 9.35 Å². The molecule has 1 aromatic carbocycles. The van der Waals surface area contributed by atoms with Crippen LogP contribution < -0.4 is 5.73 Å². The minimum Gasteiger partial charge on any atom is -0.460 e. The largest absolute Gasteiger partial charge is 0.460 e. The molecular formula is C15H23NO5S. The molecule has 2 rings (SSSR count). The van der Waals surface area contributed by atoms with Crippen molar-refractivity contribution in [3.05, 3.63) is 29.8 Å². The van der Waals surface area contributed by atoms with Gasteiger partial charge in [0, 0.05) is 6.04 Å². The molecule has 6 nitrogen and oxygen atoms in total. The van der Waals surface area contributed by atoms with Gasteiger partial charge in [0.1, 0.15) is 5.60 Å². The number of rotatable bonds is 2. The molecule has 0 spiro atoms. The van der Waals surface area contributed by atoms with Crippen LogP contribution >= 0.6 is 0 Å². The SMILES string of the molecule is CC(C)(C)OC(=O)[C@@H]1C[C@@H]1N.Cc1ccc(S(=O)(=O)O)cc1. The van der Waals surface area contributed by atoms with Crippen LogP contribution in [0.5, 0.6) is 0 Å². The third-order valence-corrected chi connectivity index (χ3v) is 3.74. The zero-order chi connectivity index (χ0) is 17.1. The van der Waals surface area contributed by atoms with E-state index in [1.165, 1.54) is 12.1 Å². The lowest BCUT2D eigenvalue weighted by molar-refractivity contribution is -0.156. The van der Waals surface area contributed by atoms with E-state index in [2.05, 4.69) is 0 Å². The highest BCUT2D eigenvalue weighted by Gasteiger charge is 2.42. The molecule has 0 radical (unpaired) electrons. The molecule has 0 heterocycles. The molecule has 1 aromatic rings. The molecule has 1 aliphatic rings. The summed E-state index contributed by atoms with van der Waals surface area (Å²) < 4.78 is 34.7. The van der Waals surface area contributed by atoms with Crippen LogP contribution in [-0.4, -0.2) is 30.6 Å².